The molecule has 0 fully saturated rings. The number of aromatic nitrogens is 1. The Morgan fingerprint density at radius 3 is 2.83 bits per heavy atom. The number of nitrogens with zero attached hydrogens (tertiary/aromatic N) is 3. The molecule has 0 saturated carbocycles. The van der Waals surface area contributed by atoms with Crippen LogP contribution in [0.15, 0.2) is 42.6 Å². The summed E-state index contributed by atoms with van der Waals surface area (Å²) in [4.78, 5) is 20.8. The maximum absolute atomic E-state index is 12.7. The molecule has 0 radical (unpaired) electrons. The number of pyridine rings is 1. The number of benzene rings is 1. The highest BCUT2D eigenvalue weighted by Crippen LogP contribution is 2.22. The Labute approximate surface area is 142 Å². The second-order valence-electron chi connectivity index (χ2n) is 6.31. The van der Waals surface area contributed by atoms with Gasteiger partial charge in [0, 0.05) is 44.0 Å². The number of ether oxygens (including phenoxy) is 1. The molecular formula is C19H23N3O2. The van der Waals surface area contributed by atoms with E-state index in [1.807, 2.05) is 7.05 Å². The van der Waals surface area contributed by atoms with Crippen molar-refractivity contribution in [2.24, 2.45) is 0 Å². The number of methoxy groups -OCH3 is 1. The summed E-state index contributed by atoms with van der Waals surface area (Å²) >= 11 is 0. The molecule has 0 bridgehead atoms. The van der Waals surface area contributed by atoms with E-state index in [-0.39, 0.29) is 5.91 Å². The van der Waals surface area contributed by atoms with E-state index in [1.165, 1.54) is 11.1 Å². The molecule has 24 heavy (non-hydrogen) atoms. The van der Waals surface area contributed by atoms with Gasteiger partial charge in [-0.05, 0) is 30.7 Å². The van der Waals surface area contributed by atoms with Gasteiger partial charge in [0.25, 0.3) is 5.91 Å². The Hall–Kier alpha value is -2.40. The number of amides is 1. The van der Waals surface area contributed by atoms with Gasteiger partial charge in [-0.2, -0.15) is 0 Å². The number of carbonyl (C=O) groups excluding carboxylic acids is 1. The summed E-state index contributed by atoms with van der Waals surface area (Å²) in [6.45, 7) is 1.61. The van der Waals surface area contributed by atoms with Crippen LogP contribution in [0.3, 0.4) is 0 Å². The fraction of sp³-hybridized carbons (Fsp3) is 0.368. The Balaban J connectivity index is 1.70. The Morgan fingerprint density at radius 2 is 2.08 bits per heavy atom. The predicted octanol–water partition coefficient (Wildman–Crippen LogP) is 2.22. The van der Waals surface area contributed by atoms with Gasteiger partial charge in [-0.25, -0.2) is 4.98 Å². The number of likely N-dealkylation sites (N-methyl/N-ethyl adjacent to an activating group) is 2. The summed E-state index contributed by atoms with van der Waals surface area (Å²) in [6.07, 6.45) is 2.56. The molecule has 1 atom stereocenters. The second kappa shape index (κ2) is 7.01. The monoisotopic (exact) mass is 325 g/mol. The minimum atomic E-state index is -0.0111. The molecule has 0 N–H and O–H groups in total. The lowest BCUT2D eigenvalue weighted by Crippen LogP contribution is -2.46. The molecule has 5 nitrogen and oxygen atoms in total. The van der Waals surface area contributed by atoms with Crippen molar-refractivity contribution >= 4 is 5.91 Å². The molecule has 126 valence electrons. The SMILES string of the molecule is COc1cc(C(=O)N(C)C[C@H]2Cc3ccccc3CN2C)ccn1. The van der Waals surface area contributed by atoms with Crippen molar-refractivity contribution in [1.29, 1.82) is 0 Å². The van der Waals surface area contributed by atoms with Crippen LogP contribution >= 0.6 is 0 Å². The Bertz CT molecular complexity index is 732. The molecule has 0 unspecified atom stereocenters. The maximum Gasteiger partial charge on any atom is 0.253 e. The Kier molecular flexibility index (Phi) is 4.81. The smallest absolute Gasteiger partial charge is 0.253 e. The number of hydrogen-bond donors (Lipinski definition) is 0. The van der Waals surface area contributed by atoms with Crippen LogP contribution in [-0.4, -0.2) is 54.5 Å². The van der Waals surface area contributed by atoms with Crippen molar-refractivity contribution in [2.75, 3.05) is 27.7 Å². The van der Waals surface area contributed by atoms with Crippen molar-refractivity contribution in [3.05, 3.63) is 59.3 Å². The summed E-state index contributed by atoms with van der Waals surface area (Å²) in [5, 5.41) is 0. The van der Waals surface area contributed by atoms with Crippen LogP contribution in [0.5, 0.6) is 5.88 Å². The Morgan fingerprint density at radius 1 is 1.33 bits per heavy atom. The largest absolute Gasteiger partial charge is 0.481 e. The zero-order valence-corrected chi connectivity index (χ0v) is 14.4. The first-order valence-electron chi connectivity index (χ1n) is 8.11. The van der Waals surface area contributed by atoms with Crippen molar-refractivity contribution in [1.82, 2.24) is 14.8 Å². The van der Waals surface area contributed by atoms with Crippen molar-refractivity contribution in [2.45, 2.75) is 19.0 Å². The molecule has 5 heteroatoms. The fourth-order valence-electron chi connectivity index (χ4n) is 3.20. The lowest BCUT2D eigenvalue weighted by atomic mass is 9.94. The van der Waals surface area contributed by atoms with Crippen LogP contribution in [0.1, 0.15) is 21.5 Å². The van der Waals surface area contributed by atoms with Crippen LogP contribution < -0.4 is 4.74 Å². The molecule has 1 aliphatic heterocycles. The van der Waals surface area contributed by atoms with Gasteiger partial charge >= 0.3 is 0 Å². The third-order valence-electron chi connectivity index (χ3n) is 4.64. The first kappa shape index (κ1) is 16.5. The minimum absolute atomic E-state index is 0.0111. The first-order valence-corrected chi connectivity index (χ1v) is 8.11. The highest BCUT2D eigenvalue weighted by atomic mass is 16.5. The predicted molar refractivity (Wildman–Crippen MR) is 93.2 cm³/mol. The molecule has 1 aromatic heterocycles. The van der Waals surface area contributed by atoms with Gasteiger partial charge in [0.1, 0.15) is 0 Å². The number of rotatable bonds is 4. The van der Waals surface area contributed by atoms with Gasteiger partial charge in [0.15, 0.2) is 0 Å². The molecule has 0 spiro atoms. The number of hydrogen-bond acceptors (Lipinski definition) is 4. The van der Waals surface area contributed by atoms with Crippen LogP contribution in [-0.2, 0) is 13.0 Å². The second-order valence-corrected chi connectivity index (χ2v) is 6.31. The molecular weight excluding hydrogens is 302 g/mol. The zero-order chi connectivity index (χ0) is 17.1. The first-order chi connectivity index (χ1) is 11.6. The molecule has 0 aliphatic carbocycles. The summed E-state index contributed by atoms with van der Waals surface area (Å²) in [5.74, 6) is 0.445. The van der Waals surface area contributed by atoms with Crippen LogP contribution in [0.25, 0.3) is 0 Å². The normalized spacial score (nSPS) is 17.2. The van der Waals surface area contributed by atoms with Crippen LogP contribution in [0.4, 0.5) is 0 Å². The van der Waals surface area contributed by atoms with Crippen molar-refractivity contribution in [3.8, 4) is 5.88 Å². The molecule has 1 amide bonds. The zero-order valence-electron chi connectivity index (χ0n) is 14.4. The van der Waals surface area contributed by atoms with E-state index in [0.717, 1.165) is 13.0 Å². The minimum Gasteiger partial charge on any atom is -0.481 e. The summed E-state index contributed by atoms with van der Waals surface area (Å²) in [5.41, 5.74) is 3.36. The molecule has 1 aromatic carbocycles. The van der Waals surface area contributed by atoms with E-state index in [0.29, 0.717) is 24.0 Å². The lowest BCUT2D eigenvalue weighted by Gasteiger charge is -2.36. The third kappa shape index (κ3) is 3.41. The van der Waals surface area contributed by atoms with Gasteiger partial charge in [-0.1, -0.05) is 24.3 Å². The van der Waals surface area contributed by atoms with Gasteiger partial charge in [-0.15, -0.1) is 0 Å². The number of fused-ring (bicyclic) bond motifs is 1. The highest BCUT2D eigenvalue weighted by molar-refractivity contribution is 5.94. The van der Waals surface area contributed by atoms with E-state index >= 15 is 0 Å². The lowest BCUT2D eigenvalue weighted by molar-refractivity contribution is 0.0733. The summed E-state index contributed by atoms with van der Waals surface area (Å²) < 4.78 is 5.10. The maximum atomic E-state index is 12.7. The molecule has 2 aromatic rings. The standard InChI is InChI=1S/C19H23N3O2/c1-21-12-16-7-5-4-6-14(16)10-17(21)13-22(2)19(23)15-8-9-20-18(11-15)24-3/h4-9,11,17H,10,12-13H2,1-3H3/t17-/m1/s1. The van der Waals surface area contributed by atoms with Gasteiger partial charge < -0.3 is 9.64 Å². The van der Waals surface area contributed by atoms with E-state index in [9.17, 15) is 4.79 Å². The van der Waals surface area contributed by atoms with Crippen LogP contribution in [0, 0.1) is 0 Å². The average molecular weight is 325 g/mol. The molecule has 2 heterocycles. The quantitative estimate of drug-likeness (QED) is 0.865. The molecule has 1 aliphatic rings. The van der Waals surface area contributed by atoms with E-state index < -0.39 is 0 Å². The summed E-state index contributed by atoms with van der Waals surface area (Å²) in [6, 6.07) is 12.3. The van der Waals surface area contributed by atoms with E-state index in [1.54, 1.807) is 30.3 Å². The molecule has 0 saturated heterocycles. The third-order valence-corrected chi connectivity index (χ3v) is 4.64. The van der Waals surface area contributed by atoms with E-state index in [4.69, 9.17) is 4.74 Å². The molecule has 3 rings (SSSR count). The average Bonchev–Trinajstić information content (AvgIpc) is 2.61. The van der Waals surface area contributed by atoms with E-state index in [2.05, 4.69) is 41.2 Å². The highest BCUT2D eigenvalue weighted by Gasteiger charge is 2.25. The van der Waals surface area contributed by atoms with Crippen molar-refractivity contribution < 1.29 is 9.53 Å². The number of carbonyl (C=O) groups is 1. The fourth-order valence-corrected chi connectivity index (χ4v) is 3.20. The topological polar surface area (TPSA) is 45.7 Å². The van der Waals surface area contributed by atoms with Gasteiger partial charge in [0.2, 0.25) is 5.88 Å². The van der Waals surface area contributed by atoms with Gasteiger partial charge in [-0.3, -0.25) is 9.69 Å². The van der Waals surface area contributed by atoms with Gasteiger partial charge in [0.05, 0.1) is 7.11 Å². The van der Waals surface area contributed by atoms with Crippen molar-refractivity contribution in [3.63, 3.8) is 0 Å². The summed E-state index contributed by atoms with van der Waals surface area (Å²) in [7, 11) is 5.52. The van der Waals surface area contributed by atoms with Crippen LogP contribution in [0.2, 0.25) is 0 Å².